The van der Waals surface area contributed by atoms with Crippen molar-refractivity contribution in [3.05, 3.63) is 40.6 Å². The van der Waals surface area contributed by atoms with Crippen LogP contribution in [0.2, 0.25) is 0 Å². The summed E-state index contributed by atoms with van der Waals surface area (Å²) in [7, 11) is 0. The van der Waals surface area contributed by atoms with Gasteiger partial charge in [0.2, 0.25) is 0 Å². The molecule has 1 atom stereocenters. The van der Waals surface area contributed by atoms with Crippen LogP contribution in [0.5, 0.6) is 5.75 Å². The van der Waals surface area contributed by atoms with Gasteiger partial charge in [0.25, 0.3) is 5.69 Å². The first kappa shape index (κ1) is 12.8. The van der Waals surface area contributed by atoms with Gasteiger partial charge in [-0.1, -0.05) is 6.07 Å². The Morgan fingerprint density at radius 1 is 1.45 bits per heavy atom. The van der Waals surface area contributed by atoms with Crippen LogP contribution < -0.4 is 10.1 Å². The van der Waals surface area contributed by atoms with Gasteiger partial charge in [-0.05, 0) is 25.1 Å². The van der Waals surface area contributed by atoms with E-state index in [4.69, 9.17) is 4.74 Å². The van der Waals surface area contributed by atoms with E-state index in [9.17, 15) is 10.1 Å². The second kappa shape index (κ2) is 5.42. The summed E-state index contributed by atoms with van der Waals surface area (Å²) in [5, 5.41) is 15.0. The van der Waals surface area contributed by atoms with Gasteiger partial charge in [-0.15, -0.1) is 0 Å². The fourth-order valence-electron chi connectivity index (χ4n) is 2.47. The minimum atomic E-state index is -0.417. The molecule has 0 radical (unpaired) electrons. The summed E-state index contributed by atoms with van der Waals surface area (Å²) in [6.07, 6.45) is 2.65. The number of para-hydroxylation sites is 1. The van der Waals surface area contributed by atoms with Gasteiger partial charge in [0.05, 0.1) is 11.5 Å². The summed E-state index contributed by atoms with van der Waals surface area (Å²) >= 11 is 0. The lowest BCUT2D eigenvalue weighted by Crippen LogP contribution is -2.15. The van der Waals surface area contributed by atoms with Crippen molar-refractivity contribution in [1.29, 1.82) is 0 Å². The number of nitrogens with zero attached hydrogens (tertiary/aromatic N) is 2. The van der Waals surface area contributed by atoms with Crippen LogP contribution in [0.25, 0.3) is 10.9 Å². The number of ether oxygens (including phenoxy) is 1. The van der Waals surface area contributed by atoms with Gasteiger partial charge in [0.15, 0.2) is 5.52 Å². The number of rotatable bonds is 4. The third-order valence-electron chi connectivity index (χ3n) is 3.54. The zero-order valence-corrected chi connectivity index (χ0v) is 10.9. The van der Waals surface area contributed by atoms with E-state index >= 15 is 0 Å². The summed E-state index contributed by atoms with van der Waals surface area (Å²) in [6, 6.07) is 6.68. The summed E-state index contributed by atoms with van der Waals surface area (Å²) in [4.78, 5) is 14.7. The van der Waals surface area contributed by atoms with Crippen molar-refractivity contribution in [2.75, 3.05) is 19.7 Å². The highest BCUT2D eigenvalue weighted by Crippen LogP contribution is 2.30. The van der Waals surface area contributed by atoms with Gasteiger partial charge < -0.3 is 10.1 Å². The standard InChI is InChI=1S/C14H15N3O3/c18-17(19)12-3-1-2-11-13(5-7-16-14(11)12)20-9-10-4-6-15-8-10/h1-3,5,7,10,15H,4,6,8-9H2. The predicted octanol–water partition coefficient (Wildman–Crippen LogP) is 2.13. The number of nitrogens with one attached hydrogen (secondary N) is 1. The molecule has 3 rings (SSSR count). The zero-order chi connectivity index (χ0) is 13.9. The molecule has 1 aliphatic rings. The van der Waals surface area contributed by atoms with E-state index in [1.165, 1.54) is 6.07 Å². The lowest BCUT2D eigenvalue weighted by atomic mass is 10.1. The highest BCUT2D eigenvalue weighted by atomic mass is 16.6. The van der Waals surface area contributed by atoms with Crippen LogP contribution in [0, 0.1) is 16.0 Å². The van der Waals surface area contributed by atoms with E-state index in [2.05, 4.69) is 10.3 Å². The Hall–Kier alpha value is -2.21. The Bertz CT molecular complexity index is 639. The highest BCUT2D eigenvalue weighted by molar-refractivity contribution is 5.91. The van der Waals surface area contributed by atoms with E-state index in [0.717, 1.165) is 19.5 Å². The molecule has 0 aliphatic carbocycles. The molecule has 1 aliphatic heterocycles. The van der Waals surface area contributed by atoms with Gasteiger partial charge in [0.1, 0.15) is 5.75 Å². The van der Waals surface area contributed by atoms with Crippen molar-refractivity contribution in [2.45, 2.75) is 6.42 Å². The Morgan fingerprint density at radius 2 is 2.35 bits per heavy atom. The Balaban J connectivity index is 1.90. The number of hydrogen-bond acceptors (Lipinski definition) is 5. The molecule has 6 heteroatoms. The molecule has 1 aromatic carbocycles. The number of non-ortho nitro benzene ring substituents is 1. The van der Waals surface area contributed by atoms with Gasteiger partial charge in [0, 0.05) is 30.1 Å². The van der Waals surface area contributed by atoms with Crippen LogP contribution in [0.3, 0.4) is 0 Å². The number of nitro benzene ring substituents is 1. The largest absolute Gasteiger partial charge is 0.492 e. The molecule has 20 heavy (non-hydrogen) atoms. The van der Waals surface area contributed by atoms with E-state index in [-0.39, 0.29) is 5.69 Å². The molecular formula is C14H15N3O3. The topological polar surface area (TPSA) is 77.3 Å². The fraction of sp³-hybridized carbons (Fsp3) is 0.357. The Labute approximate surface area is 115 Å². The van der Waals surface area contributed by atoms with Crippen LogP contribution in [-0.4, -0.2) is 29.6 Å². The first-order valence-electron chi connectivity index (χ1n) is 6.61. The monoisotopic (exact) mass is 273 g/mol. The van der Waals surface area contributed by atoms with Crippen LogP contribution >= 0.6 is 0 Å². The number of pyridine rings is 1. The van der Waals surface area contributed by atoms with Crippen molar-refractivity contribution in [1.82, 2.24) is 10.3 Å². The first-order chi connectivity index (χ1) is 9.75. The third kappa shape index (κ3) is 2.42. The van der Waals surface area contributed by atoms with Crippen LogP contribution in [-0.2, 0) is 0 Å². The molecule has 6 nitrogen and oxygen atoms in total. The van der Waals surface area contributed by atoms with Gasteiger partial charge in [-0.2, -0.15) is 0 Å². The smallest absolute Gasteiger partial charge is 0.295 e. The zero-order valence-electron chi connectivity index (χ0n) is 10.9. The minimum Gasteiger partial charge on any atom is -0.492 e. The summed E-state index contributed by atoms with van der Waals surface area (Å²) in [5.41, 5.74) is 0.384. The number of benzene rings is 1. The second-order valence-corrected chi connectivity index (χ2v) is 4.91. The maximum atomic E-state index is 11.0. The first-order valence-corrected chi connectivity index (χ1v) is 6.61. The molecule has 0 bridgehead atoms. The molecule has 1 unspecified atom stereocenters. The number of hydrogen-bond donors (Lipinski definition) is 1. The van der Waals surface area contributed by atoms with Crippen molar-refractivity contribution < 1.29 is 9.66 Å². The number of aromatic nitrogens is 1. The van der Waals surface area contributed by atoms with Gasteiger partial charge in [-0.25, -0.2) is 4.98 Å². The maximum absolute atomic E-state index is 11.0. The average Bonchev–Trinajstić information content (AvgIpc) is 2.97. The highest BCUT2D eigenvalue weighted by Gasteiger charge is 2.18. The SMILES string of the molecule is O=[N+]([O-])c1cccc2c(OCC3CCNC3)ccnc12. The minimum absolute atomic E-state index is 0.00971. The normalized spacial score (nSPS) is 18.3. The fourth-order valence-corrected chi connectivity index (χ4v) is 2.47. The summed E-state index contributed by atoms with van der Waals surface area (Å²) in [5.74, 6) is 1.16. The van der Waals surface area contributed by atoms with Crippen LogP contribution in [0.4, 0.5) is 5.69 Å². The van der Waals surface area contributed by atoms with E-state index in [0.29, 0.717) is 29.2 Å². The molecule has 0 spiro atoms. The molecule has 0 amide bonds. The van der Waals surface area contributed by atoms with E-state index < -0.39 is 4.92 Å². The summed E-state index contributed by atoms with van der Waals surface area (Å²) in [6.45, 7) is 2.61. The van der Waals surface area contributed by atoms with Crippen LogP contribution in [0.15, 0.2) is 30.5 Å². The second-order valence-electron chi connectivity index (χ2n) is 4.91. The molecule has 2 heterocycles. The Kier molecular flexibility index (Phi) is 3.47. The molecule has 104 valence electrons. The van der Waals surface area contributed by atoms with Crippen molar-refractivity contribution >= 4 is 16.6 Å². The predicted molar refractivity (Wildman–Crippen MR) is 74.9 cm³/mol. The Morgan fingerprint density at radius 3 is 3.10 bits per heavy atom. The van der Waals surface area contributed by atoms with Crippen LogP contribution in [0.1, 0.15) is 6.42 Å². The lowest BCUT2D eigenvalue weighted by Gasteiger charge is -2.12. The van der Waals surface area contributed by atoms with Crippen molar-refractivity contribution in [3.8, 4) is 5.75 Å². The van der Waals surface area contributed by atoms with Gasteiger partial charge in [-0.3, -0.25) is 10.1 Å². The number of nitro groups is 1. The maximum Gasteiger partial charge on any atom is 0.295 e. The lowest BCUT2D eigenvalue weighted by molar-refractivity contribution is -0.383. The molecule has 1 N–H and O–H groups in total. The average molecular weight is 273 g/mol. The third-order valence-corrected chi connectivity index (χ3v) is 3.54. The number of fused-ring (bicyclic) bond motifs is 1. The molecule has 1 aromatic heterocycles. The van der Waals surface area contributed by atoms with E-state index in [1.807, 2.05) is 0 Å². The van der Waals surface area contributed by atoms with Crippen molar-refractivity contribution in [3.63, 3.8) is 0 Å². The molecule has 0 saturated carbocycles. The molecular weight excluding hydrogens is 258 g/mol. The van der Waals surface area contributed by atoms with Crippen molar-refractivity contribution in [2.24, 2.45) is 5.92 Å². The summed E-state index contributed by atoms with van der Waals surface area (Å²) < 4.78 is 5.84. The molecule has 1 fully saturated rings. The quantitative estimate of drug-likeness (QED) is 0.682. The molecule has 2 aromatic rings. The van der Waals surface area contributed by atoms with E-state index in [1.54, 1.807) is 24.4 Å². The molecule has 1 saturated heterocycles. The van der Waals surface area contributed by atoms with Gasteiger partial charge >= 0.3 is 0 Å².